The first kappa shape index (κ1) is 25.7. The predicted molar refractivity (Wildman–Crippen MR) is 122 cm³/mol. The van der Waals surface area contributed by atoms with Crippen molar-refractivity contribution >= 4 is 18.0 Å². The molecule has 0 unspecified atom stereocenters. The van der Waals surface area contributed by atoms with Crippen LogP contribution in [0.15, 0.2) is 72.3 Å². The Bertz CT molecular complexity index is 901. The van der Waals surface area contributed by atoms with Gasteiger partial charge in [0.1, 0.15) is 0 Å². The van der Waals surface area contributed by atoms with Gasteiger partial charge in [0.15, 0.2) is 0 Å². The number of rotatable bonds is 11. The van der Waals surface area contributed by atoms with E-state index in [9.17, 15) is 19.1 Å². The molecule has 0 heterocycles. The molecular formula is C24H30FN3O3. The Hall–Kier alpha value is -3.32. The lowest BCUT2D eigenvalue weighted by molar-refractivity contribution is -0.118. The largest absolute Gasteiger partial charge is 0.394 e. The fourth-order valence-electron chi connectivity index (χ4n) is 2.45. The van der Waals surface area contributed by atoms with Gasteiger partial charge in [-0.1, -0.05) is 38.6 Å². The number of hydrazone groups is 1. The summed E-state index contributed by atoms with van der Waals surface area (Å²) in [6.07, 6.45) is 7.58. The Kier molecular flexibility index (Phi) is 10.8. The molecule has 1 rings (SSSR count). The van der Waals surface area contributed by atoms with Gasteiger partial charge in [-0.2, -0.15) is 5.10 Å². The molecule has 1 atom stereocenters. The highest BCUT2D eigenvalue weighted by molar-refractivity contribution is 6.11. The molecule has 31 heavy (non-hydrogen) atoms. The highest BCUT2D eigenvalue weighted by Gasteiger charge is 2.14. The maximum absolute atomic E-state index is 12.3. The number of nitrogens with one attached hydrogen (secondary N) is 1. The Morgan fingerprint density at radius 3 is 2.48 bits per heavy atom. The number of aliphatic hydroxyl groups excluding tert-OH is 1. The summed E-state index contributed by atoms with van der Waals surface area (Å²) < 4.78 is 12.1. The molecule has 2 N–H and O–H groups in total. The Balaban J connectivity index is 3.29. The van der Waals surface area contributed by atoms with Crippen LogP contribution in [0.5, 0.6) is 0 Å². The maximum atomic E-state index is 12.3. The summed E-state index contributed by atoms with van der Waals surface area (Å²) in [5, 5.41) is 17.5. The SMILES string of the molecule is C=C(/C=C\C=C\F)N(C=O)/N=C(\C=C\C(=O)N[C@H](CO)C(C)C)c1ccc(C)c(C)c1. The second-order valence-corrected chi connectivity index (χ2v) is 7.28. The van der Waals surface area contributed by atoms with Gasteiger partial charge in [0.05, 0.1) is 30.4 Å². The Morgan fingerprint density at radius 1 is 1.23 bits per heavy atom. The summed E-state index contributed by atoms with van der Waals surface area (Å²) in [7, 11) is 0. The smallest absolute Gasteiger partial charge is 0.244 e. The number of carbonyl (C=O) groups is 2. The topological polar surface area (TPSA) is 82.0 Å². The van der Waals surface area contributed by atoms with Gasteiger partial charge in [-0.15, -0.1) is 0 Å². The van der Waals surface area contributed by atoms with Crippen molar-refractivity contribution in [3.8, 4) is 0 Å². The van der Waals surface area contributed by atoms with Crippen LogP contribution < -0.4 is 5.32 Å². The van der Waals surface area contributed by atoms with Crippen LogP contribution in [0.1, 0.15) is 30.5 Å². The fraction of sp³-hybridized carbons (Fsp3) is 0.292. The van der Waals surface area contributed by atoms with Gasteiger partial charge < -0.3 is 10.4 Å². The lowest BCUT2D eigenvalue weighted by Crippen LogP contribution is -2.40. The number of hydrogen-bond acceptors (Lipinski definition) is 4. The Morgan fingerprint density at radius 2 is 1.94 bits per heavy atom. The predicted octanol–water partition coefficient (Wildman–Crippen LogP) is 3.71. The fourth-order valence-corrected chi connectivity index (χ4v) is 2.45. The summed E-state index contributed by atoms with van der Waals surface area (Å²) in [6.45, 7) is 11.3. The molecule has 2 amide bonds. The normalized spacial score (nSPS) is 13.3. The molecule has 0 aliphatic carbocycles. The number of aryl methyl sites for hydroxylation is 2. The summed E-state index contributed by atoms with van der Waals surface area (Å²) in [5.41, 5.74) is 3.37. The second-order valence-electron chi connectivity index (χ2n) is 7.28. The summed E-state index contributed by atoms with van der Waals surface area (Å²) >= 11 is 0. The van der Waals surface area contributed by atoms with Crippen molar-refractivity contribution in [2.24, 2.45) is 11.0 Å². The molecule has 0 bridgehead atoms. The van der Waals surface area contributed by atoms with E-state index in [0.717, 1.165) is 22.2 Å². The van der Waals surface area contributed by atoms with E-state index in [1.165, 1.54) is 24.3 Å². The third-order valence-electron chi connectivity index (χ3n) is 4.61. The highest BCUT2D eigenvalue weighted by Crippen LogP contribution is 2.13. The van der Waals surface area contributed by atoms with Gasteiger partial charge in [-0.25, -0.2) is 9.40 Å². The minimum atomic E-state index is -0.395. The number of amides is 2. The van der Waals surface area contributed by atoms with Crippen molar-refractivity contribution in [2.45, 2.75) is 33.7 Å². The van der Waals surface area contributed by atoms with E-state index in [1.807, 2.05) is 45.9 Å². The van der Waals surface area contributed by atoms with E-state index in [4.69, 9.17) is 0 Å². The van der Waals surface area contributed by atoms with Crippen molar-refractivity contribution in [3.63, 3.8) is 0 Å². The van der Waals surface area contributed by atoms with Crippen LogP contribution >= 0.6 is 0 Å². The van der Waals surface area contributed by atoms with Gasteiger partial charge in [0.25, 0.3) is 0 Å². The number of nitrogens with zero attached hydrogens (tertiary/aromatic N) is 2. The zero-order valence-corrected chi connectivity index (χ0v) is 18.4. The molecule has 0 aromatic heterocycles. The molecule has 166 valence electrons. The van der Waals surface area contributed by atoms with E-state index < -0.39 is 5.91 Å². The number of halogens is 1. The minimum absolute atomic E-state index is 0.0641. The molecule has 1 aromatic rings. The molecule has 0 aliphatic heterocycles. The number of hydrogen-bond donors (Lipinski definition) is 2. The number of benzene rings is 1. The average molecular weight is 428 g/mol. The third kappa shape index (κ3) is 8.52. The van der Waals surface area contributed by atoms with Crippen molar-refractivity contribution in [2.75, 3.05) is 6.61 Å². The molecule has 0 radical (unpaired) electrons. The van der Waals surface area contributed by atoms with Crippen molar-refractivity contribution < 1.29 is 19.1 Å². The van der Waals surface area contributed by atoms with Gasteiger partial charge in [0, 0.05) is 11.6 Å². The lowest BCUT2D eigenvalue weighted by atomic mass is 10.0. The average Bonchev–Trinajstić information content (AvgIpc) is 2.74. The number of allylic oxidation sites excluding steroid dienone is 4. The Labute approximate surface area is 183 Å². The monoisotopic (exact) mass is 427 g/mol. The maximum Gasteiger partial charge on any atom is 0.244 e. The summed E-state index contributed by atoms with van der Waals surface area (Å²) in [4.78, 5) is 23.9. The van der Waals surface area contributed by atoms with E-state index in [-0.39, 0.29) is 24.3 Å². The first-order chi connectivity index (χ1) is 14.7. The zero-order chi connectivity index (χ0) is 23.4. The van der Waals surface area contributed by atoms with Crippen LogP contribution in [-0.2, 0) is 9.59 Å². The van der Waals surface area contributed by atoms with Crippen molar-refractivity contribution in [1.29, 1.82) is 0 Å². The highest BCUT2D eigenvalue weighted by atomic mass is 19.1. The van der Waals surface area contributed by atoms with Crippen LogP contribution in [0.2, 0.25) is 0 Å². The van der Waals surface area contributed by atoms with Gasteiger partial charge in [0.2, 0.25) is 12.3 Å². The van der Waals surface area contributed by atoms with Gasteiger partial charge >= 0.3 is 0 Å². The zero-order valence-electron chi connectivity index (χ0n) is 18.4. The third-order valence-corrected chi connectivity index (χ3v) is 4.61. The summed E-state index contributed by atoms with van der Waals surface area (Å²) in [5.74, 6) is -0.331. The minimum Gasteiger partial charge on any atom is -0.394 e. The number of carbonyl (C=O) groups excluding carboxylic acids is 2. The van der Waals surface area contributed by atoms with Crippen LogP contribution in [0.3, 0.4) is 0 Å². The quantitative estimate of drug-likeness (QED) is 0.186. The van der Waals surface area contributed by atoms with E-state index in [1.54, 1.807) is 0 Å². The molecule has 0 aliphatic rings. The lowest BCUT2D eigenvalue weighted by Gasteiger charge is -2.18. The first-order valence-corrected chi connectivity index (χ1v) is 9.86. The van der Waals surface area contributed by atoms with Crippen LogP contribution in [0.25, 0.3) is 0 Å². The first-order valence-electron chi connectivity index (χ1n) is 9.86. The molecule has 7 heteroatoms. The summed E-state index contributed by atoms with van der Waals surface area (Å²) in [6, 6.07) is 5.27. The van der Waals surface area contributed by atoms with Gasteiger partial charge in [-0.3, -0.25) is 9.59 Å². The molecular weight excluding hydrogens is 397 g/mol. The van der Waals surface area contributed by atoms with Crippen molar-refractivity contribution in [3.05, 3.63) is 83.9 Å². The molecule has 6 nitrogen and oxygen atoms in total. The second kappa shape index (κ2) is 13.1. The molecule has 0 fully saturated rings. The van der Waals surface area contributed by atoms with Crippen LogP contribution in [-0.4, -0.2) is 40.8 Å². The van der Waals surface area contributed by atoms with E-state index in [2.05, 4.69) is 17.0 Å². The van der Waals surface area contributed by atoms with Gasteiger partial charge in [-0.05, 0) is 55.2 Å². The van der Waals surface area contributed by atoms with Crippen LogP contribution in [0.4, 0.5) is 4.39 Å². The standard InChI is InChI=1S/C24H30FN3O3/c1-17(2)23(15-29)26-24(31)12-11-22(21-10-9-18(3)19(4)14-21)27-28(16-30)20(5)8-6-7-13-25/h6-14,16-17,23,29H,5,15H2,1-4H3,(H,26,31)/b8-6-,12-11+,13-7+,27-22+/t23-/m1/s1. The van der Waals surface area contributed by atoms with E-state index >= 15 is 0 Å². The number of aliphatic hydroxyl groups is 1. The molecule has 0 spiro atoms. The van der Waals surface area contributed by atoms with E-state index in [0.29, 0.717) is 24.0 Å². The molecule has 1 aromatic carbocycles. The van der Waals surface area contributed by atoms with Crippen LogP contribution in [0, 0.1) is 19.8 Å². The molecule has 0 saturated carbocycles. The molecule has 0 saturated heterocycles. The van der Waals surface area contributed by atoms with Crippen molar-refractivity contribution in [1.82, 2.24) is 10.3 Å².